The lowest BCUT2D eigenvalue weighted by Gasteiger charge is -2.18. The molecule has 0 aliphatic carbocycles. The molecule has 0 amide bonds. The van der Waals surface area contributed by atoms with Crippen LogP contribution in [-0.2, 0) is 11.3 Å². The second-order valence-electron chi connectivity index (χ2n) is 4.40. The number of esters is 1. The van der Waals surface area contributed by atoms with E-state index in [1.807, 2.05) is 0 Å². The third-order valence-electron chi connectivity index (χ3n) is 3.10. The van der Waals surface area contributed by atoms with Crippen LogP contribution in [0.5, 0.6) is 0 Å². The summed E-state index contributed by atoms with van der Waals surface area (Å²) in [5.41, 5.74) is 1.91. The number of benzene rings is 1. The summed E-state index contributed by atoms with van der Waals surface area (Å²) in [6, 6.07) is 5.00. The third kappa shape index (κ3) is 2.53. The van der Waals surface area contributed by atoms with Crippen molar-refractivity contribution in [2.24, 2.45) is 0 Å². The van der Waals surface area contributed by atoms with Crippen LogP contribution in [0.25, 0.3) is 0 Å². The van der Waals surface area contributed by atoms with Gasteiger partial charge in [0.1, 0.15) is 12.7 Å². The van der Waals surface area contributed by atoms with Crippen LogP contribution in [0.1, 0.15) is 34.0 Å². The smallest absolute Gasteiger partial charge is 0.338 e. The average molecular weight is 251 g/mol. The van der Waals surface area contributed by atoms with E-state index >= 15 is 0 Å². The van der Waals surface area contributed by atoms with E-state index in [2.05, 4.69) is 5.32 Å². The van der Waals surface area contributed by atoms with Gasteiger partial charge in [-0.3, -0.25) is 0 Å². The Bertz CT molecular complexity index is 447. The molecule has 1 aromatic carbocycles. The molecule has 98 valence electrons. The van der Waals surface area contributed by atoms with E-state index in [0.29, 0.717) is 24.1 Å². The normalized spacial score (nSPS) is 17.2. The topological polar surface area (TPSA) is 78.8 Å². The van der Waals surface area contributed by atoms with Crippen molar-refractivity contribution in [3.8, 4) is 0 Å². The average Bonchev–Trinajstić information content (AvgIpc) is 2.76. The maximum Gasteiger partial charge on any atom is 0.338 e. The number of carbonyl (C=O) groups excluding carboxylic acids is 1. The first-order valence-corrected chi connectivity index (χ1v) is 5.94. The molecule has 0 saturated heterocycles. The van der Waals surface area contributed by atoms with Crippen molar-refractivity contribution in [1.29, 1.82) is 0 Å². The van der Waals surface area contributed by atoms with E-state index in [1.54, 1.807) is 25.2 Å². The second kappa shape index (κ2) is 5.48. The first kappa shape index (κ1) is 13.0. The summed E-state index contributed by atoms with van der Waals surface area (Å²) in [4.78, 5) is 11.3. The van der Waals surface area contributed by atoms with E-state index in [9.17, 15) is 15.0 Å². The van der Waals surface area contributed by atoms with Crippen LogP contribution in [-0.4, -0.2) is 35.9 Å². The molecule has 2 unspecified atom stereocenters. The van der Waals surface area contributed by atoms with Crippen molar-refractivity contribution in [2.45, 2.75) is 25.2 Å². The molecule has 0 fully saturated rings. The SMILES string of the molecule is CNCCC(O)C(O)c1ccc2c(c1)COC2=O. The highest BCUT2D eigenvalue weighted by Crippen LogP contribution is 2.26. The molecule has 1 aliphatic heterocycles. The first-order valence-electron chi connectivity index (χ1n) is 5.94. The quantitative estimate of drug-likeness (QED) is 0.659. The van der Waals surface area contributed by atoms with Crippen molar-refractivity contribution >= 4 is 5.97 Å². The Balaban J connectivity index is 2.12. The van der Waals surface area contributed by atoms with Crippen LogP contribution >= 0.6 is 0 Å². The predicted molar refractivity (Wildman–Crippen MR) is 65.1 cm³/mol. The van der Waals surface area contributed by atoms with Gasteiger partial charge in [0.15, 0.2) is 0 Å². The van der Waals surface area contributed by atoms with Crippen LogP contribution in [0.3, 0.4) is 0 Å². The largest absolute Gasteiger partial charge is 0.457 e. The molecule has 2 rings (SSSR count). The fraction of sp³-hybridized carbons (Fsp3) is 0.462. The number of ether oxygens (including phenoxy) is 1. The van der Waals surface area contributed by atoms with Crippen molar-refractivity contribution in [2.75, 3.05) is 13.6 Å². The maximum atomic E-state index is 11.3. The monoisotopic (exact) mass is 251 g/mol. The summed E-state index contributed by atoms with van der Waals surface area (Å²) in [6.45, 7) is 0.867. The summed E-state index contributed by atoms with van der Waals surface area (Å²) >= 11 is 0. The number of rotatable bonds is 5. The molecule has 1 heterocycles. The molecular weight excluding hydrogens is 234 g/mol. The number of aliphatic hydroxyl groups is 2. The fourth-order valence-electron chi connectivity index (χ4n) is 2.01. The lowest BCUT2D eigenvalue weighted by atomic mass is 9.98. The minimum atomic E-state index is -0.945. The Kier molecular flexibility index (Phi) is 3.96. The molecule has 0 bridgehead atoms. The molecule has 0 radical (unpaired) electrons. The Morgan fingerprint density at radius 2 is 2.22 bits per heavy atom. The summed E-state index contributed by atoms with van der Waals surface area (Å²) in [5, 5.41) is 22.7. The molecule has 0 saturated carbocycles. The fourth-order valence-corrected chi connectivity index (χ4v) is 2.01. The molecule has 18 heavy (non-hydrogen) atoms. The summed E-state index contributed by atoms with van der Waals surface area (Å²) in [5.74, 6) is -0.332. The number of nitrogens with one attached hydrogen (secondary N) is 1. The maximum absolute atomic E-state index is 11.3. The lowest BCUT2D eigenvalue weighted by Crippen LogP contribution is -2.23. The zero-order chi connectivity index (χ0) is 13.1. The highest BCUT2D eigenvalue weighted by atomic mass is 16.5. The van der Waals surface area contributed by atoms with Crippen LogP contribution in [0.4, 0.5) is 0 Å². The molecule has 1 aliphatic rings. The molecule has 5 heteroatoms. The number of cyclic esters (lactones) is 1. The van der Waals surface area contributed by atoms with Crippen LogP contribution in [0, 0.1) is 0 Å². The summed E-state index contributed by atoms with van der Waals surface area (Å²) in [7, 11) is 1.79. The van der Waals surface area contributed by atoms with Gasteiger partial charge in [0.05, 0.1) is 11.7 Å². The minimum Gasteiger partial charge on any atom is -0.457 e. The van der Waals surface area contributed by atoms with Gasteiger partial charge in [0.25, 0.3) is 0 Å². The van der Waals surface area contributed by atoms with Crippen molar-refractivity contribution in [3.05, 3.63) is 34.9 Å². The molecule has 1 aromatic rings. The summed E-state index contributed by atoms with van der Waals surface area (Å²) in [6.07, 6.45) is -1.31. The number of hydrogen-bond donors (Lipinski definition) is 3. The van der Waals surface area contributed by atoms with Gasteiger partial charge in [-0.25, -0.2) is 4.79 Å². The number of hydrogen-bond acceptors (Lipinski definition) is 5. The van der Waals surface area contributed by atoms with Gasteiger partial charge in [-0.1, -0.05) is 6.07 Å². The van der Waals surface area contributed by atoms with Gasteiger partial charge in [0.2, 0.25) is 0 Å². The zero-order valence-electron chi connectivity index (χ0n) is 10.2. The lowest BCUT2D eigenvalue weighted by molar-refractivity contribution is 0.0140. The molecule has 5 nitrogen and oxygen atoms in total. The van der Waals surface area contributed by atoms with E-state index in [1.165, 1.54) is 0 Å². The number of fused-ring (bicyclic) bond motifs is 1. The van der Waals surface area contributed by atoms with Gasteiger partial charge in [-0.2, -0.15) is 0 Å². The van der Waals surface area contributed by atoms with Gasteiger partial charge < -0.3 is 20.3 Å². The van der Waals surface area contributed by atoms with Crippen LogP contribution in [0.2, 0.25) is 0 Å². The minimum absolute atomic E-state index is 0.237. The first-order chi connectivity index (χ1) is 8.63. The third-order valence-corrected chi connectivity index (χ3v) is 3.10. The molecular formula is C13H17NO4. The van der Waals surface area contributed by atoms with Crippen molar-refractivity contribution in [1.82, 2.24) is 5.32 Å². The Morgan fingerprint density at radius 3 is 2.94 bits per heavy atom. The van der Waals surface area contributed by atoms with E-state index in [4.69, 9.17) is 4.74 Å². The van der Waals surface area contributed by atoms with Gasteiger partial charge >= 0.3 is 5.97 Å². The predicted octanol–water partition coefficient (Wildman–Crippen LogP) is 0.361. The Hall–Kier alpha value is -1.43. The molecule has 0 aromatic heterocycles. The Morgan fingerprint density at radius 1 is 1.44 bits per heavy atom. The van der Waals surface area contributed by atoms with E-state index in [0.717, 1.165) is 5.56 Å². The number of carbonyl (C=O) groups is 1. The standard InChI is InChI=1S/C13H17NO4/c1-14-5-4-11(15)12(16)8-2-3-10-9(6-8)7-18-13(10)17/h2-3,6,11-12,14-16H,4-5,7H2,1H3. The van der Waals surface area contributed by atoms with E-state index < -0.39 is 12.2 Å². The zero-order valence-corrected chi connectivity index (χ0v) is 10.2. The van der Waals surface area contributed by atoms with E-state index in [-0.39, 0.29) is 12.6 Å². The van der Waals surface area contributed by atoms with Crippen LogP contribution < -0.4 is 5.32 Å². The summed E-state index contributed by atoms with van der Waals surface area (Å²) < 4.78 is 4.89. The van der Waals surface area contributed by atoms with Crippen molar-refractivity contribution < 1.29 is 19.7 Å². The number of aliphatic hydroxyl groups excluding tert-OH is 2. The second-order valence-corrected chi connectivity index (χ2v) is 4.40. The van der Waals surface area contributed by atoms with Crippen LogP contribution in [0.15, 0.2) is 18.2 Å². The van der Waals surface area contributed by atoms with Gasteiger partial charge in [0, 0.05) is 5.56 Å². The highest BCUT2D eigenvalue weighted by Gasteiger charge is 2.24. The molecule has 3 N–H and O–H groups in total. The Labute approximate surface area is 105 Å². The molecule has 2 atom stereocenters. The molecule has 0 spiro atoms. The highest BCUT2D eigenvalue weighted by molar-refractivity contribution is 5.93. The van der Waals surface area contributed by atoms with Gasteiger partial charge in [-0.05, 0) is 37.7 Å². The van der Waals surface area contributed by atoms with Crippen molar-refractivity contribution in [3.63, 3.8) is 0 Å². The van der Waals surface area contributed by atoms with Gasteiger partial charge in [-0.15, -0.1) is 0 Å².